The third-order valence-corrected chi connectivity index (χ3v) is 3.11. The second kappa shape index (κ2) is 5.30. The van der Waals surface area contributed by atoms with Crippen LogP contribution in [0.25, 0.3) is 11.0 Å². The fourth-order valence-electron chi connectivity index (χ4n) is 1.97. The highest BCUT2D eigenvalue weighted by molar-refractivity contribution is 5.92. The molecule has 0 saturated heterocycles. The Labute approximate surface area is 115 Å². The fraction of sp³-hybridized carbons (Fsp3) is 0.308. The van der Waals surface area contributed by atoms with Crippen molar-refractivity contribution in [2.24, 2.45) is 5.84 Å². The second-order valence-corrected chi connectivity index (χ2v) is 4.29. The third kappa shape index (κ3) is 2.23. The van der Waals surface area contributed by atoms with Gasteiger partial charge in [0.2, 0.25) is 5.43 Å². The summed E-state index contributed by atoms with van der Waals surface area (Å²) in [6, 6.07) is 3.17. The Hall–Kier alpha value is -2.41. The van der Waals surface area contributed by atoms with Gasteiger partial charge in [-0.3, -0.25) is 9.80 Å². The van der Waals surface area contributed by atoms with Crippen LogP contribution in [-0.4, -0.2) is 27.2 Å². The number of carbonyl (C=O) groups is 1. The van der Waals surface area contributed by atoms with Crippen LogP contribution in [0, 0.1) is 0 Å². The van der Waals surface area contributed by atoms with Gasteiger partial charge in [0.1, 0.15) is 17.0 Å². The summed E-state index contributed by atoms with van der Waals surface area (Å²) in [5, 5.41) is 10.8. The minimum atomic E-state index is -1.24. The first-order chi connectivity index (χ1) is 9.49. The van der Waals surface area contributed by atoms with Crippen molar-refractivity contribution in [2.75, 3.05) is 11.6 Å². The Bertz CT molecular complexity index is 723. The Kier molecular flexibility index (Phi) is 3.71. The third-order valence-electron chi connectivity index (χ3n) is 3.11. The van der Waals surface area contributed by atoms with E-state index in [2.05, 4.69) is 4.98 Å². The normalized spacial score (nSPS) is 10.8. The smallest absolute Gasteiger partial charge is 0.341 e. The summed E-state index contributed by atoms with van der Waals surface area (Å²) in [4.78, 5) is 27.6. The van der Waals surface area contributed by atoms with Crippen molar-refractivity contribution in [3.63, 3.8) is 0 Å². The summed E-state index contributed by atoms with van der Waals surface area (Å²) in [5.74, 6) is 5.08. The molecule has 0 unspecified atom stereocenters. The van der Waals surface area contributed by atoms with Crippen molar-refractivity contribution >= 4 is 22.8 Å². The zero-order chi connectivity index (χ0) is 14.9. The number of anilines is 1. The van der Waals surface area contributed by atoms with Gasteiger partial charge in [-0.1, -0.05) is 0 Å². The van der Waals surface area contributed by atoms with Gasteiger partial charge >= 0.3 is 5.97 Å². The number of aryl methyl sites for hydroxylation is 1. The first-order valence-corrected chi connectivity index (χ1v) is 6.29. The maximum atomic E-state index is 12.1. The van der Waals surface area contributed by atoms with E-state index in [1.807, 2.05) is 13.8 Å². The lowest BCUT2D eigenvalue weighted by Crippen LogP contribution is -2.31. The molecule has 0 radical (unpaired) electrons. The van der Waals surface area contributed by atoms with E-state index in [4.69, 9.17) is 10.9 Å². The lowest BCUT2D eigenvalue weighted by atomic mass is 10.2. The van der Waals surface area contributed by atoms with Crippen LogP contribution >= 0.6 is 0 Å². The first-order valence-electron chi connectivity index (χ1n) is 6.29. The van der Waals surface area contributed by atoms with E-state index in [0.717, 1.165) is 0 Å². The molecule has 2 rings (SSSR count). The van der Waals surface area contributed by atoms with Crippen molar-refractivity contribution in [3.05, 3.63) is 34.1 Å². The number of fused-ring (bicyclic) bond motifs is 1. The van der Waals surface area contributed by atoms with Crippen LogP contribution in [0.3, 0.4) is 0 Å². The predicted molar refractivity (Wildman–Crippen MR) is 75.8 cm³/mol. The van der Waals surface area contributed by atoms with E-state index < -0.39 is 11.4 Å². The summed E-state index contributed by atoms with van der Waals surface area (Å²) < 4.78 is 1.63. The van der Waals surface area contributed by atoms with Crippen molar-refractivity contribution in [1.82, 2.24) is 9.55 Å². The van der Waals surface area contributed by atoms with Crippen molar-refractivity contribution in [3.8, 4) is 0 Å². The highest BCUT2D eigenvalue weighted by Crippen LogP contribution is 2.15. The largest absolute Gasteiger partial charge is 0.477 e. The molecule has 0 fully saturated rings. The maximum Gasteiger partial charge on any atom is 0.341 e. The van der Waals surface area contributed by atoms with Gasteiger partial charge in [0.15, 0.2) is 0 Å². The molecule has 0 spiro atoms. The molecule has 0 bridgehead atoms. The van der Waals surface area contributed by atoms with Crippen LogP contribution in [-0.2, 0) is 6.54 Å². The molecule has 2 heterocycles. The Morgan fingerprint density at radius 1 is 1.45 bits per heavy atom. The van der Waals surface area contributed by atoms with Crippen LogP contribution in [0.1, 0.15) is 24.2 Å². The van der Waals surface area contributed by atoms with Gasteiger partial charge in [-0.05, 0) is 26.0 Å². The second-order valence-electron chi connectivity index (χ2n) is 4.29. The van der Waals surface area contributed by atoms with E-state index in [1.165, 1.54) is 11.2 Å². The van der Waals surface area contributed by atoms with Crippen molar-refractivity contribution in [1.29, 1.82) is 0 Å². The number of pyridine rings is 2. The van der Waals surface area contributed by atoms with Gasteiger partial charge in [-0.15, -0.1) is 0 Å². The molecule has 0 aromatic carbocycles. The monoisotopic (exact) mass is 276 g/mol. The molecular weight excluding hydrogens is 260 g/mol. The first kappa shape index (κ1) is 14.0. The molecule has 2 aromatic rings. The highest BCUT2D eigenvalue weighted by Gasteiger charge is 2.15. The quantitative estimate of drug-likeness (QED) is 0.633. The zero-order valence-electron chi connectivity index (χ0n) is 11.3. The summed E-state index contributed by atoms with van der Waals surface area (Å²) in [5.41, 5.74) is -0.353. The number of aromatic nitrogens is 2. The van der Waals surface area contributed by atoms with Gasteiger partial charge < -0.3 is 9.67 Å². The number of rotatable bonds is 4. The molecule has 2 aromatic heterocycles. The van der Waals surface area contributed by atoms with Gasteiger partial charge in [0.25, 0.3) is 0 Å². The number of hydrazine groups is 1. The standard InChI is InChI=1S/C13H16N4O3/c1-3-16-7-9(13(19)20)11(18)8-5-6-10(15-12(8)16)17(14)4-2/h5-7H,3-4,14H2,1-2H3,(H,19,20). The average molecular weight is 276 g/mol. The molecule has 0 atom stereocenters. The molecule has 3 N–H and O–H groups in total. The summed E-state index contributed by atoms with van der Waals surface area (Å²) >= 11 is 0. The van der Waals surface area contributed by atoms with Crippen LogP contribution in [0.2, 0.25) is 0 Å². The highest BCUT2D eigenvalue weighted by atomic mass is 16.4. The number of hydrogen-bond donors (Lipinski definition) is 2. The Morgan fingerprint density at radius 3 is 2.70 bits per heavy atom. The molecule has 20 heavy (non-hydrogen) atoms. The topological polar surface area (TPSA) is 101 Å². The van der Waals surface area contributed by atoms with E-state index in [9.17, 15) is 9.59 Å². The van der Waals surface area contributed by atoms with Gasteiger partial charge in [-0.25, -0.2) is 15.6 Å². The molecule has 0 saturated carbocycles. The number of nitrogens with zero attached hydrogens (tertiary/aromatic N) is 3. The lowest BCUT2D eigenvalue weighted by molar-refractivity contribution is 0.0695. The molecular formula is C13H16N4O3. The SMILES string of the molecule is CCN(N)c1ccc2c(=O)c(C(=O)O)cn(CC)c2n1. The Morgan fingerprint density at radius 2 is 2.15 bits per heavy atom. The van der Waals surface area contributed by atoms with E-state index in [1.54, 1.807) is 16.7 Å². The molecule has 0 amide bonds. The Balaban J connectivity index is 2.79. The number of aromatic carboxylic acids is 1. The number of carboxylic acid groups (broad SMARTS) is 1. The van der Waals surface area contributed by atoms with E-state index in [-0.39, 0.29) is 10.9 Å². The molecule has 106 valence electrons. The molecule has 0 aliphatic heterocycles. The van der Waals surface area contributed by atoms with Gasteiger partial charge in [-0.2, -0.15) is 0 Å². The van der Waals surface area contributed by atoms with Crippen LogP contribution < -0.4 is 16.3 Å². The molecule has 7 nitrogen and oxygen atoms in total. The predicted octanol–water partition coefficient (Wildman–Crippen LogP) is 0.815. The van der Waals surface area contributed by atoms with Gasteiger partial charge in [0, 0.05) is 19.3 Å². The minimum Gasteiger partial charge on any atom is -0.477 e. The number of carboxylic acids is 1. The average Bonchev–Trinajstić information content (AvgIpc) is 2.46. The van der Waals surface area contributed by atoms with Gasteiger partial charge in [0.05, 0.1) is 5.39 Å². The lowest BCUT2D eigenvalue weighted by Gasteiger charge is -2.16. The summed E-state index contributed by atoms with van der Waals surface area (Å²) in [6.07, 6.45) is 1.32. The van der Waals surface area contributed by atoms with Crippen LogP contribution in [0.5, 0.6) is 0 Å². The molecule has 0 aliphatic carbocycles. The summed E-state index contributed by atoms with van der Waals surface area (Å²) in [6.45, 7) is 4.81. The van der Waals surface area contributed by atoms with Crippen LogP contribution in [0.4, 0.5) is 5.82 Å². The van der Waals surface area contributed by atoms with Crippen LogP contribution in [0.15, 0.2) is 23.1 Å². The van der Waals surface area contributed by atoms with E-state index >= 15 is 0 Å². The number of hydrogen-bond acceptors (Lipinski definition) is 5. The molecule has 7 heteroatoms. The maximum absolute atomic E-state index is 12.1. The van der Waals surface area contributed by atoms with Crippen molar-refractivity contribution in [2.45, 2.75) is 20.4 Å². The van der Waals surface area contributed by atoms with E-state index in [0.29, 0.717) is 24.6 Å². The molecule has 0 aliphatic rings. The fourth-order valence-corrected chi connectivity index (χ4v) is 1.97. The minimum absolute atomic E-state index is 0.256. The van der Waals surface area contributed by atoms with Crippen molar-refractivity contribution < 1.29 is 9.90 Å². The number of nitrogens with two attached hydrogens (primary N) is 1. The zero-order valence-corrected chi connectivity index (χ0v) is 11.3. The summed E-state index contributed by atoms with van der Waals surface area (Å²) in [7, 11) is 0.